The second-order valence-corrected chi connectivity index (χ2v) is 4.05. The van der Waals surface area contributed by atoms with Crippen LogP contribution in [0.2, 0.25) is 0 Å². The molecule has 6 nitrogen and oxygen atoms in total. The van der Waals surface area contributed by atoms with E-state index in [-0.39, 0.29) is 6.61 Å². The Morgan fingerprint density at radius 1 is 1.42 bits per heavy atom. The first-order valence-electron chi connectivity index (χ1n) is 5.86. The van der Waals surface area contributed by atoms with E-state index in [1.807, 2.05) is 18.2 Å². The minimum atomic E-state index is -0.757. The number of nitrogen functional groups attached to an aromatic ring is 1. The number of ether oxygens (including phenoxy) is 1. The maximum atomic E-state index is 10.5. The molecule has 0 aliphatic heterocycles. The summed E-state index contributed by atoms with van der Waals surface area (Å²) in [5.41, 5.74) is 13.3. The van der Waals surface area contributed by atoms with E-state index < -0.39 is 6.09 Å². The fourth-order valence-electron chi connectivity index (χ4n) is 1.83. The highest BCUT2D eigenvalue weighted by Crippen LogP contribution is 2.26. The molecule has 1 aromatic heterocycles. The molecule has 0 radical (unpaired) electrons. The number of aromatic nitrogens is 1. The number of aryl methyl sites for hydroxylation is 1. The Balaban J connectivity index is 2.09. The SMILES string of the molecule is NC(=O)OCCCc1ccc(N)cc1-c1cnco1. The molecular weight excluding hydrogens is 246 g/mol. The van der Waals surface area contributed by atoms with E-state index in [1.54, 1.807) is 6.20 Å². The van der Waals surface area contributed by atoms with Gasteiger partial charge in [0.1, 0.15) is 0 Å². The lowest BCUT2D eigenvalue weighted by Gasteiger charge is -2.08. The number of carbonyl (C=O) groups is 1. The van der Waals surface area contributed by atoms with Crippen molar-refractivity contribution < 1.29 is 13.9 Å². The number of amides is 1. The van der Waals surface area contributed by atoms with Crippen LogP contribution < -0.4 is 11.5 Å². The Labute approximate surface area is 110 Å². The molecule has 0 saturated carbocycles. The van der Waals surface area contributed by atoms with Crippen LogP contribution in [0.15, 0.2) is 35.2 Å². The van der Waals surface area contributed by atoms with Gasteiger partial charge in [-0.15, -0.1) is 0 Å². The number of nitrogens with zero attached hydrogens (tertiary/aromatic N) is 1. The Bertz CT molecular complexity index is 552. The quantitative estimate of drug-likeness (QED) is 0.632. The van der Waals surface area contributed by atoms with Gasteiger partial charge in [-0.25, -0.2) is 9.78 Å². The van der Waals surface area contributed by atoms with Crippen molar-refractivity contribution in [2.75, 3.05) is 12.3 Å². The average Bonchev–Trinajstić information content (AvgIpc) is 2.89. The smallest absolute Gasteiger partial charge is 0.404 e. The zero-order valence-corrected chi connectivity index (χ0v) is 10.3. The summed E-state index contributed by atoms with van der Waals surface area (Å²) in [5.74, 6) is 0.665. The van der Waals surface area contributed by atoms with Crippen molar-refractivity contribution >= 4 is 11.8 Å². The number of rotatable bonds is 5. The van der Waals surface area contributed by atoms with Crippen LogP contribution in [0, 0.1) is 0 Å². The number of hydrogen-bond acceptors (Lipinski definition) is 5. The minimum absolute atomic E-state index is 0.287. The largest absolute Gasteiger partial charge is 0.450 e. The number of nitrogens with two attached hydrogens (primary N) is 2. The molecule has 0 aliphatic carbocycles. The van der Waals surface area contributed by atoms with E-state index in [1.165, 1.54) is 6.39 Å². The topological polar surface area (TPSA) is 104 Å². The molecule has 0 bridgehead atoms. The summed E-state index contributed by atoms with van der Waals surface area (Å²) >= 11 is 0. The standard InChI is InChI=1S/C13H15N3O3/c14-10-4-3-9(2-1-5-18-13(15)17)11(6-10)12-7-16-8-19-12/h3-4,6-8H,1-2,5,14H2,(H2,15,17). The maximum Gasteiger partial charge on any atom is 0.404 e. The Kier molecular flexibility index (Phi) is 4.02. The van der Waals surface area contributed by atoms with Crippen LogP contribution in [0.25, 0.3) is 11.3 Å². The average molecular weight is 261 g/mol. The van der Waals surface area contributed by atoms with Crippen molar-refractivity contribution in [3.63, 3.8) is 0 Å². The second kappa shape index (κ2) is 5.90. The van der Waals surface area contributed by atoms with Gasteiger partial charge in [0.15, 0.2) is 12.2 Å². The van der Waals surface area contributed by atoms with E-state index >= 15 is 0 Å². The van der Waals surface area contributed by atoms with Gasteiger partial charge in [-0.1, -0.05) is 6.07 Å². The molecule has 2 aromatic rings. The monoisotopic (exact) mass is 261 g/mol. The van der Waals surface area contributed by atoms with Crippen molar-refractivity contribution in [3.8, 4) is 11.3 Å². The van der Waals surface area contributed by atoms with Gasteiger partial charge in [-0.2, -0.15) is 0 Å². The van der Waals surface area contributed by atoms with E-state index in [2.05, 4.69) is 4.98 Å². The van der Waals surface area contributed by atoms with Gasteiger partial charge in [0.25, 0.3) is 0 Å². The van der Waals surface area contributed by atoms with Gasteiger partial charge in [0.05, 0.1) is 12.8 Å². The van der Waals surface area contributed by atoms with E-state index in [0.717, 1.165) is 17.5 Å². The van der Waals surface area contributed by atoms with Crippen molar-refractivity contribution in [1.29, 1.82) is 0 Å². The van der Waals surface area contributed by atoms with Gasteiger partial charge in [0.2, 0.25) is 0 Å². The number of benzene rings is 1. The first-order valence-corrected chi connectivity index (χ1v) is 5.86. The molecule has 4 N–H and O–H groups in total. The second-order valence-electron chi connectivity index (χ2n) is 4.05. The van der Waals surface area contributed by atoms with Crippen molar-refractivity contribution in [2.45, 2.75) is 12.8 Å². The molecule has 0 atom stereocenters. The molecule has 100 valence electrons. The molecule has 1 heterocycles. The van der Waals surface area contributed by atoms with Gasteiger partial charge in [-0.05, 0) is 30.5 Å². The lowest BCUT2D eigenvalue weighted by molar-refractivity contribution is 0.155. The van der Waals surface area contributed by atoms with Gasteiger partial charge >= 0.3 is 6.09 Å². The first-order chi connectivity index (χ1) is 9.16. The normalized spacial score (nSPS) is 10.3. The molecular formula is C13H15N3O3. The van der Waals surface area contributed by atoms with Crippen molar-refractivity contribution in [1.82, 2.24) is 4.98 Å². The van der Waals surface area contributed by atoms with Crippen LogP contribution in [-0.4, -0.2) is 17.7 Å². The van der Waals surface area contributed by atoms with Crippen LogP contribution in [0.5, 0.6) is 0 Å². The van der Waals surface area contributed by atoms with Crippen LogP contribution >= 0.6 is 0 Å². The zero-order chi connectivity index (χ0) is 13.7. The summed E-state index contributed by atoms with van der Waals surface area (Å²) in [6.07, 6.45) is 3.65. The summed E-state index contributed by atoms with van der Waals surface area (Å²) in [5, 5.41) is 0. The summed E-state index contributed by atoms with van der Waals surface area (Å²) < 4.78 is 9.98. The van der Waals surface area contributed by atoms with Crippen LogP contribution in [-0.2, 0) is 11.2 Å². The predicted octanol–water partition coefficient (Wildman–Crippen LogP) is 1.95. The fraction of sp³-hybridized carbons (Fsp3) is 0.231. The minimum Gasteiger partial charge on any atom is -0.450 e. The third-order valence-electron chi connectivity index (χ3n) is 2.67. The number of anilines is 1. The van der Waals surface area contributed by atoms with E-state index in [0.29, 0.717) is 17.9 Å². The molecule has 0 saturated heterocycles. The molecule has 0 fully saturated rings. The highest BCUT2D eigenvalue weighted by molar-refractivity contribution is 5.66. The summed E-state index contributed by atoms with van der Waals surface area (Å²) in [6, 6.07) is 5.59. The zero-order valence-electron chi connectivity index (χ0n) is 10.3. The first kappa shape index (κ1) is 12.9. The van der Waals surface area contributed by atoms with Crippen molar-refractivity contribution in [3.05, 3.63) is 36.4 Å². The molecule has 1 aromatic carbocycles. The molecule has 6 heteroatoms. The summed E-state index contributed by atoms with van der Waals surface area (Å²) in [4.78, 5) is 14.4. The molecule has 0 aliphatic rings. The molecule has 1 amide bonds. The van der Waals surface area contributed by atoms with Gasteiger partial charge in [-0.3, -0.25) is 0 Å². The maximum absolute atomic E-state index is 10.5. The molecule has 2 rings (SSSR count). The lowest BCUT2D eigenvalue weighted by Crippen LogP contribution is -2.14. The van der Waals surface area contributed by atoms with E-state index in [4.69, 9.17) is 20.6 Å². The molecule has 19 heavy (non-hydrogen) atoms. The Hall–Kier alpha value is -2.50. The summed E-state index contributed by atoms with van der Waals surface area (Å²) in [6.45, 7) is 0.287. The number of oxazole rings is 1. The highest BCUT2D eigenvalue weighted by Gasteiger charge is 2.09. The van der Waals surface area contributed by atoms with Crippen LogP contribution in [0.1, 0.15) is 12.0 Å². The third kappa shape index (κ3) is 3.48. The van der Waals surface area contributed by atoms with Crippen LogP contribution in [0.4, 0.5) is 10.5 Å². The van der Waals surface area contributed by atoms with Gasteiger partial charge < -0.3 is 20.6 Å². The molecule has 0 unspecified atom stereocenters. The lowest BCUT2D eigenvalue weighted by atomic mass is 10.0. The number of hydrogen-bond donors (Lipinski definition) is 2. The van der Waals surface area contributed by atoms with Crippen LogP contribution in [0.3, 0.4) is 0 Å². The third-order valence-corrected chi connectivity index (χ3v) is 2.67. The van der Waals surface area contributed by atoms with Gasteiger partial charge in [0, 0.05) is 11.3 Å². The Morgan fingerprint density at radius 2 is 2.26 bits per heavy atom. The molecule has 0 spiro atoms. The predicted molar refractivity (Wildman–Crippen MR) is 70.2 cm³/mol. The highest BCUT2D eigenvalue weighted by atomic mass is 16.5. The number of carbonyl (C=O) groups excluding carboxylic acids is 1. The summed E-state index contributed by atoms with van der Waals surface area (Å²) in [7, 11) is 0. The number of primary amides is 1. The van der Waals surface area contributed by atoms with E-state index in [9.17, 15) is 4.79 Å². The Morgan fingerprint density at radius 3 is 2.95 bits per heavy atom. The van der Waals surface area contributed by atoms with Crippen molar-refractivity contribution in [2.24, 2.45) is 5.73 Å². The fourth-order valence-corrected chi connectivity index (χ4v) is 1.83.